The van der Waals surface area contributed by atoms with Crippen LogP contribution in [0.25, 0.3) is 0 Å². The van der Waals surface area contributed by atoms with Crippen LogP contribution in [0.15, 0.2) is 10.4 Å². The van der Waals surface area contributed by atoms with Crippen LogP contribution >= 0.6 is 0 Å². The number of nitrogens with zero attached hydrogens (tertiary/aromatic N) is 2. The summed E-state index contributed by atoms with van der Waals surface area (Å²) in [7, 11) is 0. The lowest BCUT2D eigenvalue weighted by atomic mass is 11.2. The van der Waals surface area contributed by atoms with Gasteiger partial charge in [-0.3, -0.25) is 0 Å². The number of hydrogen-bond acceptors (Lipinski definition) is 3. The van der Waals surface area contributed by atoms with E-state index >= 15 is 0 Å². The third-order valence-electron chi connectivity index (χ3n) is 0.218. The summed E-state index contributed by atoms with van der Waals surface area (Å²) < 4.78 is 0. The van der Waals surface area contributed by atoms with Gasteiger partial charge >= 0.3 is 6.03 Å². The molecule has 0 bridgehead atoms. The molecule has 0 aromatic carbocycles. The zero-order valence-electron chi connectivity index (χ0n) is 3.46. The van der Waals surface area contributed by atoms with Crippen LogP contribution in [0.5, 0.6) is 0 Å². The highest BCUT2D eigenvalue weighted by Crippen LogP contribution is 1.54. The van der Waals surface area contributed by atoms with Crippen LogP contribution in [0.4, 0.5) is 4.79 Å². The van der Waals surface area contributed by atoms with Gasteiger partial charge < -0.3 is 11.6 Å². The van der Waals surface area contributed by atoms with Gasteiger partial charge in [0.2, 0.25) is 0 Å². The fourth-order valence-electron chi connectivity index (χ4n) is 0.0781. The fourth-order valence-corrected chi connectivity index (χ4v) is 0.0781. The van der Waals surface area contributed by atoms with Gasteiger partial charge in [0.15, 0.2) is 0 Å². The summed E-state index contributed by atoms with van der Waals surface area (Å²) in [6, 6.07) is -0.783. The number of carbonyl (C=O) groups is 1. The standard InChI is InChI=1S/CH5N5O/c2-1(7)4-6-5-3/h(H2,3,6)(H3,2,4,5,7). The SMILES string of the molecule is NN=NNC(N)=O. The maximum atomic E-state index is 9.66. The first kappa shape index (κ1) is 5.67. The molecule has 0 rings (SSSR count). The van der Waals surface area contributed by atoms with Gasteiger partial charge in [-0.05, 0) is 5.22 Å². The van der Waals surface area contributed by atoms with Crippen LogP contribution in [0.1, 0.15) is 0 Å². The van der Waals surface area contributed by atoms with E-state index in [0.717, 1.165) is 0 Å². The molecule has 0 radical (unpaired) electrons. The summed E-state index contributed by atoms with van der Waals surface area (Å²) in [5.74, 6) is 4.46. The van der Waals surface area contributed by atoms with Crippen molar-refractivity contribution in [1.82, 2.24) is 5.43 Å². The molecule has 0 aliphatic heterocycles. The second kappa shape index (κ2) is 2.88. The molecule has 0 spiro atoms. The summed E-state index contributed by atoms with van der Waals surface area (Å²) in [5.41, 5.74) is 6.29. The largest absolute Gasteiger partial charge is 0.350 e. The first-order valence-corrected chi connectivity index (χ1v) is 1.42. The van der Waals surface area contributed by atoms with Crippen molar-refractivity contribution in [2.75, 3.05) is 0 Å². The molecular formula is CH5N5O. The molecule has 0 aliphatic rings. The van der Waals surface area contributed by atoms with Crippen LogP contribution in [-0.2, 0) is 0 Å². The Labute approximate surface area is 39.5 Å². The van der Waals surface area contributed by atoms with Crippen molar-refractivity contribution in [2.45, 2.75) is 0 Å². The van der Waals surface area contributed by atoms with Gasteiger partial charge in [-0.2, -0.15) is 0 Å². The lowest BCUT2D eigenvalue weighted by Gasteiger charge is -1.82. The van der Waals surface area contributed by atoms with Gasteiger partial charge in [0.25, 0.3) is 0 Å². The first-order chi connectivity index (χ1) is 3.27. The van der Waals surface area contributed by atoms with Crippen LogP contribution in [0.2, 0.25) is 0 Å². The lowest BCUT2D eigenvalue weighted by molar-refractivity contribution is 0.248. The number of nitrogens with one attached hydrogen (secondary N) is 1. The van der Waals surface area contributed by atoms with E-state index in [-0.39, 0.29) is 0 Å². The van der Waals surface area contributed by atoms with Crippen molar-refractivity contribution in [3.8, 4) is 0 Å². The maximum absolute atomic E-state index is 9.66. The molecule has 6 heteroatoms. The predicted molar refractivity (Wildman–Crippen MR) is 21.8 cm³/mol. The summed E-state index contributed by atoms with van der Waals surface area (Å²) in [4.78, 5) is 9.66. The molecule has 2 amide bonds. The number of primary amides is 1. The van der Waals surface area contributed by atoms with Crippen LogP contribution in [0.3, 0.4) is 0 Å². The van der Waals surface area contributed by atoms with E-state index in [0.29, 0.717) is 0 Å². The molecule has 0 saturated heterocycles. The molecule has 0 unspecified atom stereocenters. The average Bonchev–Trinajstić information content (AvgIpc) is 1.61. The maximum Gasteiger partial charge on any atom is 0.333 e. The summed E-state index contributed by atoms with van der Waals surface area (Å²) in [5, 5.41) is 5.54. The Kier molecular flexibility index (Phi) is 2.34. The Morgan fingerprint density at radius 3 is 2.43 bits per heavy atom. The minimum atomic E-state index is -0.783. The first-order valence-electron chi connectivity index (χ1n) is 1.42. The highest BCUT2D eigenvalue weighted by Gasteiger charge is 1.80. The zero-order chi connectivity index (χ0) is 5.70. The number of carbonyl (C=O) groups excluding carboxylic acids is 1. The fraction of sp³-hybridized carbons (Fsp3) is 0. The van der Waals surface area contributed by atoms with Crippen molar-refractivity contribution < 1.29 is 4.79 Å². The van der Waals surface area contributed by atoms with Crippen LogP contribution in [-0.4, -0.2) is 6.03 Å². The van der Waals surface area contributed by atoms with Crippen LogP contribution in [0, 0.1) is 0 Å². The second-order valence-electron chi connectivity index (χ2n) is 0.692. The van der Waals surface area contributed by atoms with Crippen molar-refractivity contribution in [3.63, 3.8) is 0 Å². The topological polar surface area (TPSA) is 106 Å². The monoisotopic (exact) mass is 103 g/mol. The number of urea groups is 1. The van der Waals surface area contributed by atoms with E-state index < -0.39 is 6.03 Å². The summed E-state index contributed by atoms with van der Waals surface area (Å²) >= 11 is 0. The number of nitrogens with two attached hydrogens (primary N) is 2. The minimum absolute atomic E-state index is 0.783. The Morgan fingerprint density at radius 2 is 2.29 bits per heavy atom. The smallest absolute Gasteiger partial charge is 0.333 e. The molecule has 0 saturated carbocycles. The van der Waals surface area contributed by atoms with E-state index in [1.165, 1.54) is 0 Å². The summed E-state index contributed by atoms with van der Waals surface area (Å²) in [6.45, 7) is 0. The summed E-state index contributed by atoms with van der Waals surface area (Å²) in [6.07, 6.45) is 0. The molecule has 0 aliphatic carbocycles. The van der Waals surface area contributed by atoms with Crippen LogP contribution < -0.4 is 17.0 Å². The molecule has 0 aromatic rings. The van der Waals surface area contributed by atoms with Gasteiger partial charge in [0.1, 0.15) is 0 Å². The normalized spacial score (nSPS) is 9.14. The number of rotatable bonds is 1. The molecule has 7 heavy (non-hydrogen) atoms. The van der Waals surface area contributed by atoms with E-state index in [1.807, 2.05) is 0 Å². The van der Waals surface area contributed by atoms with Gasteiger partial charge in [-0.25, -0.2) is 10.2 Å². The van der Waals surface area contributed by atoms with E-state index in [1.54, 1.807) is 5.43 Å². The Balaban J connectivity index is 3.14. The molecule has 0 heterocycles. The van der Waals surface area contributed by atoms with Gasteiger partial charge in [-0.1, -0.05) is 5.22 Å². The molecular weight excluding hydrogens is 98.0 g/mol. The third kappa shape index (κ3) is 4.67. The Hall–Kier alpha value is -1.33. The van der Waals surface area contributed by atoms with Crippen molar-refractivity contribution >= 4 is 6.03 Å². The number of amides is 2. The highest BCUT2D eigenvalue weighted by atomic mass is 16.2. The van der Waals surface area contributed by atoms with Gasteiger partial charge in [0, 0.05) is 0 Å². The quantitative estimate of drug-likeness (QED) is 0.222. The number of hydrogen-bond donors (Lipinski definition) is 3. The minimum Gasteiger partial charge on any atom is -0.350 e. The van der Waals surface area contributed by atoms with E-state index in [9.17, 15) is 4.79 Å². The van der Waals surface area contributed by atoms with Crippen molar-refractivity contribution in [1.29, 1.82) is 0 Å². The molecule has 0 aromatic heterocycles. The molecule has 5 N–H and O–H groups in total. The molecule has 40 valence electrons. The van der Waals surface area contributed by atoms with Crippen molar-refractivity contribution in [2.24, 2.45) is 22.0 Å². The second-order valence-corrected chi connectivity index (χ2v) is 0.692. The predicted octanol–water partition coefficient (Wildman–Crippen LogP) is -1.10. The van der Waals surface area contributed by atoms with Gasteiger partial charge in [-0.15, -0.1) is 0 Å². The van der Waals surface area contributed by atoms with Crippen molar-refractivity contribution in [3.05, 3.63) is 0 Å². The molecule has 0 fully saturated rings. The lowest BCUT2D eigenvalue weighted by Crippen LogP contribution is -2.23. The van der Waals surface area contributed by atoms with Gasteiger partial charge in [0.05, 0.1) is 0 Å². The van der Waals surface area contributed by atoms with E-state index in [2.05, 4.69) is 22.0 Å². The average molecular weight is 103 g/mol. The van der Waals surface area contributed by atoms with E-state index in [4.69, 9.17) is 0 Å². The highest BCUT2D eigenvalue weighted by molar-refractivity contribution is 5.70. The zero-order valence-corrected chi connectivity index (χ0v) is 3.46. The molecule has 0 atom stereocenters. The Bertz CT molecular complexity index is 86.1. The third-order valence-corrected chi connectivity index (χ3v) is 0.218. The Morgan fingerprint density at radius 1 is 1.71 bits per heavy atom. The molecule has 6 nitrogen and oxygen atoms in total.